The number of hydrogen-bond donors (Lipinski definition) is 1. The average Bonchev–Trinajstić information content (AvgIpc) is 2.39. The van der Waals surface area contributed by atoms with Crippen LogP contribution in [-0.2, 0) is 6.42 Å². The molecule has 2 aromatic carbocycles. The highest BCUT2D eigenvalue weighted by Gasteiger charge is 2.12. The lowest BCUT2D eigenvalue weighted by Crippen LogP contribution is -2.14. The second-order valence-electron chi connectivity index (χ2n) is 4.68. The number of anilines is 2. The van der Waals surface area contributed by atoms with Crippen molar-refractivity contribution in [3.05, 3.63) is 58.6 Å². The van der Waals surface area contributed by atoms with Gasteiger partial charge < -0.3 is 10.6 Å². The molecule has 100 valence electrons. The van der Waals surface area contributed by atoms with Gasteiger partial charge in [0.05, 0.1) is 10.7 Å². The summed E-state index contributed by atoms with van der Waals surface area (Å²) in [6, 6.07) is 14.4. The number of benzene rings is 2. The maximum Gasteiger partial charge on any atom is 0.0645 e. The maximum absolute atomic E-state index is 6.36. The first-order valence-electron chi connectivity index (χ1n) is 6.41. The van der Waals surface area contributed by atoms with E-state index in [0.717, 1.165) is 22.8 Å². The fourth-order valence-corrected chi connectivity index (χ4v) is 2.51. The molecule has 2 rings (SSSR count). The molecule has 0 aliphatic carbocycles. The first-order chi connectivity index (χ1) is 9.13. The molecule has 0 spiro atoms. The minimum atomic E-state index is 0.620. The van der Waals surface area contributed by atoms with Crippen molar-refractivity contribution in [3.63, 3.8) is 0 Å². The van der Waals surface area contributed by atoms with Crippen LogP contribution < -0.4 is 10.6 Å². The number of aryl methyl sites for hydroxylation is 1. The summed E-state index contributed by atoms with van der Waals surface area (Å²) in [6.45, 7) is 2.70. The Morgan fingerprint density at radius 2 is 1.79 bits per heavy atom. The molecule has 2 aromatic rings. The van der Waals surface area contributed by atoms with Crippen LogP contribution in [0.25, 0.3) is 0 Å². The van der Waals surface area contributed by atoms with Crippen LogP contribution in [0.15, 0.2) is 42.5 Å². The zero-order chi connectivity index (χ0) is 13.8. The zero-order valence-electron chi connectivity index (χ0n) is 11.4. The SMILES string of the molecule is Cc1ccc(N(C)c2c(Cl)cccc2CCN)cc1. The van der Waals surface area contributed by atoms with E-state index in [2.05, 4.69) is 42.2 Å². The van der Waals surface area contributed by atoms with Gasteiger partial charge in [-0.2, -0.15) is 0 Å². The van der Waals surface area contributed by atoms with Crippen LogP contribution in [-0.4, -0.2) is 13.6 Å². The Hall–Kier alpha value is -1.51. The van der Waals surface area contributed by atoms with E-state index in [1.807, 2.05) is 19.2 Å². The minimum absolute atomic E-state index is 0.620. The van der Waals surface area contributed by atoms with Crippen LogP contribution in [0.5, 0.6) is 0 Å². The summed E-state index contributed by atoms with van der Waals surface area (Å²) < 4.78 is 0. The smallest absolute Gasteiger partial charge is 0.0645 e. The predicted molar refractivity (Wildman–Crippen MR) is 83.5 cm³/mol. The van der Waals surface area contributed by atoms with E-state index in [0.29, 0.717) is 6.54 Å². The van der Waals surface area contributed by atoms with Crippen molar-refractivity contribution in [1.82, 2.24) is 0 Å². The van der Waals surface area contributed by atoms with E-state index in [1.165, 1.54) is 11.1 Å². The van der Waals surface area contributed by atoms with E-state index in [1.54, 1.807) is 0 Å². The van der Waals surface area contributed by atoms with Gasteiger partial charge in [0.25, 0.3) is 0 Å². The molecular formula is C16H19ClN2. The van der Waals surface area contributed by atoms with Crippen molar-refractivity contribution in [1.29, 1.82) is 0 Å². The van der Waals surface area contributed by atoms with E-state index < -0.39 is 0 Å². The molecule has 0 atom stereocenters. The minimum Gasteiger partial charge on any atom is -0.343 e. The lowest BCUT2D eigenvalue weighted by atomic mass is 10.1. The summed E-state index contributed by atoms with van der Waals surface area (Å²) in [6.07, 6.45) is 0.825. The zero-order valence-corrected chi connectivity index (χ0v) is 12.1. The summed E-state index contributed by atoms with van der Waals surface area (Å²) >= 11 is 6.36. The molecule has 0 aliphatic heterocycles. The highest BCUT2D eigenvalue weighted by molar-refractivity contribution is 6.33. The van der Waals surface area contributed by atoms with E-state index in [-0.39, 0.29) is 0 Å². The van der Waals surface area contributed by atoms with Crippen LogP contribution in [0.3, 0.4) is 0 Å². The molecule has 0 amide bonds. The van der Waals surface area contributed by atoms with E-state index in [9.17, 15) is 0 Å². The molecule has 2 N–H and O–H groups in total. The number of nitrogens with zero attached hydrogens (tertiary/aromatic N) is 1. The normalized spacial score (nSPS) is 10.5. The van der Waals surface area contributed by atoms with Gasteiger partial charge in [-0.1, -0.05) is 41.4 Å². The second kappa shape index (κ2) is 6.09. The van der Waals surface area contributed by atoms with Gasteiger partial charge in [-0.05, 0) is 43.7 Å². The van der Waals surface area contributed by atoms with Gasteiger partial charge in [-0.25, -0.2) is 0 Å². The van der Waals surface area contributed by atoms with E-state index >= 15 is 0 Å². The van der Waals surface area contributed by atoms with Crippen molar-refractivity contribution in [2.45, 2.75) is 13.3 Å². The first-order valence-corrected chi connectivity index (χ1v) is 6.79. The molecule has 0 saturated heterocycles. The summed E-state index contributed by atoms with van der Waals surface area (Å²) in [7, 11) is 2.03. The largest absolute Gasteiger partial charge is 0.343 e. The van der Waals surface area contributed by atoms with Crippen LogP contribution in [0.1, 0.15) is 11.1 Å². The average molecular weight is 275 g/mol. The third-order valence-corrected chi connectivity index (χ3v) is 3.55. The van der Waals surface area contributed by atoms with Crippen LogP contribution in [0.2, 0.25) is 5.02 Å². The molecule has 0 aliphatic rings. The fourth-order valence-electron chi connectivity index (χ4n) is 2.19. The molecule has 0 aromatic heterocycles. The Kier molecular flexibility index (Phi) is 4.46. The first kappa shape index (κ1) is 13.9. The number of nitrogens with two attached hydrogens (primary N) is 1. The summed E-state index contributed by atoms with van der Waals surface area (Å²) in [4.78, 5) is 2.12. The Labute approximate surface area is 119 Å². The monoisotopic (exact) mass is 274 g/mol. The van der Waals surface area contributed by atoms with Crippen molar-refractivity contribution in [2.75, 3.05) is 18.5 Å². The molecule has 0 bridgehead atoms. The Balaban J connectivity index is 2.42. The third kappa shape index (κ3) is 3.09. The molecular weight excluding hydrogens is 256 g/mol. The Morgan fingerprint density at radius 1 is 1.11 bits per heavy atom. The molecule has 0 heterocycles. The Bertz CT molecular complexity index is 549. The molecule has 0 unspecified atom stereocenters. The van der Waals surface area contributed by atoms with Crippen LogP contribution >= 0.6 is 11.6 Å². The fraction of sp³-hybridized carbons (Fsp3) is 0.250. The number of rotatable bonds is 4. The van der Waals surface area contributed by atoms with Gasteiger partial charge in [-0.15, -0.1) is 0 Å². The van der Waals surface area contributed by atoms with Gasteiger partial charge in [0.15, 0.2) is 0 Å². The quantitative estimate of drug-likeness (QED) is 0.916. The molecule has 0 fully saturated rings. The predicted octanol–water partition coefficient (Wildman–Crippen LogP) is 3.92. The molecule has 0 radical (unpaired) electrons. The number of hydrogen-bond acceptors (Lipinski definition) is 2. The van der Waals surface area contributed by atoms with Gasteiger partial charge in [0.2, 0.25) is 0 Å². The van der Waals surface area contributed by atoms with Crippen LogP contribution in [0.4, 0.5) is 11.4 Å². The van der Waals surface area contributed by atoms with Crippen molar-refractivity contribution in [2.24, 2.45) is 5.73 Å². The molecule has 0 saturated carbocycles. The maximum atomic E-state index is 6.36. The number of halogens is 1. The standard InChI is InChI=1S/C16H19ClN2/c1-12-6-8-14(9-7-12)19(2)16-13(10-11-18)4-3-5-15(16)17/h3-9H,10-11,18H2,1-2H3. The van der Waals surface area contributed by atoms with Gasteiger partial charge in [0, 0.05) is 12.7 Å². The van der Waals surface area contributed by atoms with Crippen molar-refractivity contribution in [3.8, 4) is 0 Å². The summed E-state index contributed by atoms with van der Waals surface area (Å²) in [5.74, 6) is 0. The summed E-state index contributed by atoms with van der Waals surface area (Å²) in [5, 5.41) is 0.758. The topological polar surface area (TPSA) is 29.3 Å². The third-order valence-electron chi connectivity index (χ3n) is 3.24. The van der Waals surface area contributed by atoms with E-state index in [4.69, 9.17) is 17.3 Å². The van der Waals surface area contributed by atoms with Gasteiger partial charge in [-0.3, -0.25) is 0 Å². The second-order valence-corrected chi connectivity index (χ2v) is 5.09. The number of para-hydroxylation sites is 1. The lowest BCUT2D eigenvalue weighted by Gasteiger charge is -2.24. The molecule has 19 heavy (non-hydrogen) atoms. The van der Waals surface area contributed by atoms with Gasteiger partial charge in [0.1, 0.15) is 0 Å². The van der Waals surface area contributed by atoms with Crippen LogP contribution in [0, 0.1) is 6.92 Å². The lowest BCUT2D eigenvalue weighted by molar-refractivity contribution is 0.961. The summed E-state index contributed by atoms with van der Waals surface area (Å²) in [5.41, 5.74) is 10.3. The Morgan fingerprint density at radius 3 is 2.42 bits per heavy atom. The van der Waals surface area contributed by atoms with Crippen molar-refractivity contribution < 1.29 is 0 Å². The highest BCUT2D eigenvalue weighted by atomic mass is 35.5. The molecule has 3 heteroatoms. The van der Waals surface area contributed by atoms with Crippen molar-refractivity contribution >= 4 is 23.0 Å². The van der Waals surface area contributed by atoms with Gasteiger partial charge >= 0.3 is 0 Å². The molecule has 2 nitrogen and oxygen atoms in total. The highest BCUT2D eigenvalue weighted by Crippen LogP contribution is 2.34.